The summed E-state index contributed by atoms with van der Waals surface area (Å²) in [5.74, 6) is 0. The highest BCUT2D eigenvalue weighted by Crippen LogP contribution is 2.29. The molecule has 0 aliphatic heterocycles. The maximum Gasteiger partial charge on any atom is 0.276 e. The van der Waals surface area contributed by atoms with Gasteiger partial charge in [0.1, 0.15) is 6.10 Å². The fourth-order valence-corrected chi connectivity index (χ4v) is 1.61. The fourth-order valence-electron chi connectivity index (χ4n) is 1.26. The van der Waals surface area contributed by atoms with Crippen LogP contribution in [0, 0.1) is 10.1 Å². The smallest absolute Gasteiger partial charge is 0.276 e. The minimum Gasteiger partial charge on any atom is -0.389 e. The molecule has 7 heteroatoms. The quantitative estimate of drug-likeness (QED) is 0.559. The maximum atomic E-state index is 10.8. The van der Waals surface area contributed by atoms with Crippen LogP contribution in [0.5, 0.6) is 0 Å². The van der Waals surface area contributed by atoms with E-state index in [0.717, 1.165) is 0 Å². The summed E-state index contributed by atoms with van der Waals surface area (Å²) >= 11 is 3.09. The molecular formula is C9H11BrN2O4. The van der Waals surface area contributed by atoms with Crippen LogP contribution < -0.4 is 5.73 Å². The van der Waals surface area contributed by atoms with Crippen LogP contribution in [-0.2, 0) is 0 Å². The van der Waals surface area contributed by atoms with Gasteiger partial charge in [0.25, 0.3) is 5.69 Å². The molecule has 88 valence electrons. The third kappa shape index (κ3) is 2.76. The summed E-state index contributed by atoms with van der Waals surface area (Å²) in [7, 11) is 0. The molecule has 0 heterocycles. The summed E-state index contributed by atoms with van der Waals surface area (Å²) in [5.41, 5.74) is 4.97. The molecule has 1 aromatic rings. The van der Waals surface area contributed by atoms with Crippen molar-refractivity contribution in [1.82, 2.24) is 0 Å². The number of hydrogen-bond acceptors (Lipinski definition) is 5. The molecular weight excluding hydrogens is 280 g/mol. The Morgan fingerprint density at radius 2 is 2.12 bits per heavy atom. The molecule has 4 N–H and O–H groups in total. The van der Waals surface area contributed by atoms with Crippen LogP contribution in [0.2, 0.25) is 0 Å². The number of rotatable bonds is 4. The van der Waals surface area contributed by atoms with Gasteiger partial charge in [0.2, 0.25) is 0 Å². The van der Waals surface area contributed by atoms with Crippen molar-refractivity contribution >= 4 is 21.6 Å². The minimum atomic E-state index is -1.36. The molecule has 0 radical (unpaired) electrons. The highest BCUT2D eigenvalue weighted by molar-refractivity contribution is 9.10. The lowest BCUT2D eigenvalue weighted by molar-refractivity contribution is -0.386. The van der Waals surface area contributed by atoms with E-state index in [-0.39, 0.29) is 17.8 Å². The number of aliphatic hydroxyl groups is 2. The highest BCUT2D eigenvalue weighted by Gasteiger charge is 2.25. The normalized spacial score (nSPS) is 14.5. The topological polar surface area (TPSA) is 110 Å². The zero-order valence-corrected chi connectivity index (χ0v) is 9.79. The van der Waals surface area contributed by atoms with E-state index in [2.05, 4.69) is 15.9 Å². The Balaban J connectivity index is 3.17. The predicted molar refractivity (Wildman–Crippen MR) is 60.8 cm³/mol. The van der Waals surface area contributed by atoms with Gasteiger partial charge < -0.3 is 15.9 Å². The molecule has 0 spiro atoms. The van der Waals surface area contributed by atoms with Gasteiger partial charge in [0, 0.05) is 17.1 Å². The zero-order chi connectivity index (χ0) is 12.3. The Morgan fingerprint density at radius 3 is 2.62 bits per heavy atom. The number of hydrogen-bond donors (Lipinski definition) is 3. The Labute approximate surface area is 100.0 Å². The van der Waals surface area contributed by atoms with Crippen LogP contribution in [0.25, 0.3) is 0 Å². The second-order valence-electron chi connectivity index (χ2n) is 3.21. The van der Waals surface area contributed by atoms with Gasteiger partial charge in [0.05, 0.1) is 16.6 Å². The Kier molecular flexibility index (Phi) is 4.36. The van der Waals surface area contributed by atoms with Crippen molar-refractivity contribution in [3.8, 4) is 0 Å². The van der Waals surface area contributed by atoms with Crippen LogP contribution >= 0.6 is 15.9 Å². The van der Waals surface area contributed by atoms with Crippen molar-refractivity contribution in [3.63, 3.8) is 0 Å². The molecule has 1 rings (SSSR count). The molecule has 2 atom stereocenters. The molecule has 0 saturated carbocycles. The molecule has 6 nitrogen and oxygen atoms in total. The average molecular weight is 291 g/mol. The lowest BCUT2D eigenvalue weighted by Gasteiger charge is -2.16. The fraction of sp³-hybridized carbons (Fsp3) is 0.333. The zero-order valence-electron chi connectivity index (χ0n) is 8.21. The van der Waals surface area contributed by atoms with Gasteiger partial charge in [-0.25, -0.2) is 0 Å². The molecule has 0 amide bonds. The van der Waals surface area contributed by atoms with Crippen LogP contribution in [0.1, 0.15) is 11.7 Å². The van der Waals surface area contributed by atoms with E-state index >= 15 is 0 Å². The van der Waals surface area contributed by atoms with Crippen LogP contribution in [-0.4, -0.2) is 27.8 Å². The molecule has 0 aliphatic rings. The standard InChI is InChI=1S/C9H11BrN2O4/c10-5-1-2-6(7(3-5)12(15)16)9(14)8(13)4-11/h1-3,8-9,13-14H,4,11H2. The number of halogens is 1. The van der Waals surface area contributed by atoms with Gasteiger partial charge in [-0.1, -0.05) is 15.9 Å². The molecule has 16 heavy (non-hydrogen) atoms. The Hall–Kier alpha value is -1.02. The first-order valence-electron chi connectivity index (χ1n) is 4.47. The van der Waals surface area contributed by atoms with Crippen molar-refractivity contribution in [2.45, 2.75) is 12.2 Å². The minimum absolute atomic E-state index is 0.0474. The van der Waals surface area contributed by atoms with Crippen molar-refractivity contribution in [2.24, 2.45) is 5.73 Å². The Morgan fingerprint density at radius 1 is 1.50 bits per heavy atom. The van der Waals surface area contributed by atoms with E-state index in [1.54, 1.807) is 6.07 Å². The maximum absolute atomic E-state index is 10.8. The SMILES string of the molecule is NCC(O)C(O)c1ccc(Br)cc1[N+](=O)[O-]. The number of nitrogens with zero attached hydrogens (tertiary/aromatic N) is 1. The van der Waals surface area contributed by atoms with Crippen LogP contribution in [0.4, 0.5) is 5.69 Å². The van der Waals surface area contributed by atoms with Gasteiger partial charge in [-0.2, -0.15) is 0 Å². The first-order chi connectivity index (χ1) is 7.47. The van der Waals surface area contributed by atoms with E-state index in [1.165, 1.54) is 12.1 Å². The van der Waals surface area contributed by atoms with Crippen LogP contribution in [0.15, 0.2) is 22.7 Å². The second kappa shape index (κ2) is 5.35. The number of nitrogens with two attached hydrogens (primary N) is 1. The number of nitro benzene ring substituents is 1. The summed E-state index contributed by atoms with van der Waals surface area (Å²) in [6.07, 6.45) is -2.58. The van der Waals surface area contributed by atoms with E-state index in [1.807, 2.05) is 0 Å². The molecule has 1 aromatic carbocycles. The van der Waals surface area contributed by atoms with E-state index in [0.29, 0.717) is 4.47 Å². The molecule has 0 bridgehead atoms. The second-order valence-corrected chi connectivity index (χ2v) is 4.12. The molecule has 0 saturated heterocycles. The molecule has 0 aromatic heterocycles. The summed E-state index contributed by atoms with van der Waals surface area (Å²) in [6.45, 7) is -0.172. The van der Waals surface area contributed by atoms with Crippen LogP contribution in [0.3, 0.4) is 0 Å². The van der Waals surface area contributed by atoms with Gasteiger partial charge >= 0.3 is 0 Å². The van der Waals surface area contributed by atoms with E-state index in [4.69, 9.17) is 5.73 Å². The molecule has 0 aliphatic carbocycles. The summed E-state index contributed by atoms with van der Waals surface area (Å²) in [5, 5.41) is 29.8. The highest BCUT2D eigenvalue weighted by atomic mass is 79.9. The third-order valence-electron chi connectivity index (χ3n) is 2.11. The molecule has 0 fully saturated rings. The summed E-state index contributed by atoms with van der Waals surface area (Å²) in [6, 6.07) is 4.20. The predicted octanol–water partition coefficient (Wildman–Crippen LogP) is 0.710. The number of aliphatic hydroxyl groups excluding tert-OH is 2. The first kappa shape index (κ1) is 13.0. The molecule has 2 unspecified atom stereocenters. The van der Waals surface area contributed by atoms with Crippen molar-refractivity contribution < 1.29 is 15.1 Å². The van der Waals surface area contributed by atoms with Crippen molar-refractivity contribution in [1.29, 1.82) is 0 Å². The van der Waals surface area contributed by atoms with Crippen molar-refractivity contribution in [2.75, 3.05) is 6.54 Å². The third-order valence-corrected chi connectivity index (χ3v) is 2.61. The lowest BCUT2D eigenvalue weighted by Crippen LogP contribution is -2.27. The Bertz CT molecular complexity index is 399. The lowest BCUT2D eigenvalue weighted by atomic mass is 10.0. The summed E-state index contributed by atoms with van der Waals surface area (Å²) < 4.78 is 0.525. The first-order valence-corrected chi connectivity index (χ1v) is 5.26. The van der Waals surface area contributed by atoms with E-state index in [9.17, 15) is 20.3 Å². The van der Waals surface area contributed by atoms with Crippen molar-refractivity contribution in [3.05, 3.63) is 38.3 Å². The summed E-state index contributed by atoms with van der Waals surface area (Å²) in [4.78, 5) is 10.1. The average Bonchev–Trinajstić information content (AvgIpc) is 2.26. The van der Waals surface area contributed by atoms with E-state index < -0.39 is 17.1 Å². The van der Waals surface area contributed by atoms with Gasteiger partial charge in [-0.15, -0.1) is 0 Å². The van der Waals surface area contributed by atoms with Gasteiger partial charge in [-0.3, -0.25) is 10.1 Å². The monoisotopic (exact) mass is 290 g/mol. The van der Waals surface area contributed by atoms with Gasteiger partial charge in [0.15, 0.2) is 0 Å². The van der Waals surface area contributed by atoms with Gasteiger partial charge in [-0.05, 0) is 12.1 Å². The number of nitro groups is 1. The largest absolute Gasteiger partial charge is 0.389 e. The number of benzene rings is 1.